The number of aliphatic carboxylic acids is 1. The SMILES string of the molecule is CC(C)CCN1CC(CC(=O)O)CCC1(C)C. The molecular formula is C14H27NO2. The van der Waals surface area contributed by atoms with Gasteiger partial charge in [-0.2, -0.15) is 0 Å². The molecule has 1 N–H and O–H groups in total. The fourth-order valence-corrected chi connectivity index (χ4v) is 2.59. The van der Waals surface area contributed by atoms with Crippen molar-refractivity contribution in [2.45, 2.75) is 58.9 Å². The molecule has 1 saturated heterocycles. The molecule has 1 fully saturated rings. The lowest BCUT2D eigenvalue weighted by molar-refractivity contribution is -0.139. The van der Waals surface area contributed by atoms with E-state index in [1.54, 1.807) is 0 Å². The van der Waals surface area contributed by atoms with Crippen LogP contribution in [0.2, 0.25) is 0 Å². The van der Waals surface area contributed by atoms with Crippen molar-refractivity contribution in [1.82, 2.24) is 4.90 Å². The van der Waals surface area contributed by atoms with Crippen molar-refractivity contribution in [1.29, 1.82) is 0 Å². The molecule has 0 aromatic carbocycles. The van der Waals surface area contributed by atoms with Gasteiger partial charge in [-0.15, -0.1) is 0 Å². The average Bonchev–Trinajstić information content (AvgIpc) is 2.17. The minimum Gasteiger partial charge on any atom is -0.481 e. The summed E-state index contributed by atoms with van der Waals surface area (Å²) in [4.78, 5) is 13.3. The van der Waals surface area contributed by atoms with Crippen LogP contribution >= 0.6 is 0 Å². The maximum absolute atomic E-state index is 10.8. The summed E-state index contributed by atoms with van der Waals surface area (Å²) in [5, 5.41) is 8.88. The minimum atomic E-state index is -0.654. The second-order valence-electron chi connectivity index (χ2n) is 6.44. The third kappa shape index (κ3) is 4.66. The number of carboxylic acid groups (broad SMARTS) is 1. The molecule has 17 heavy (non-hydrogen) atoms. The maximum atomic E-state index is 10.8. The van der Waals surface area contributed by atoms with Crippen LogP contribution < -0.4 is 0 Å². The number of hydrogen-bond acceptors (Lipinski definition) is 2. The van der Waals surface area contributed by atoms with Gasteiger partial charge in [0.2, 0.25) is 0 Å². The van der Waals surface area contributed by atoms with E-state index in [0.29, 0.717) is 18.3 Å². The highest BCUT2D eigenvalue weighted by Gasteiger charge is 2.34. The average molecular weight is 241 g/mol. The first-order valence-corrected chi connectivity index (χ1v) is 6.78. The van der Waals surface area contributed by atoms with E-state index in [1.165, 1.54) is 6.42 Å². The molecule has 0 aromatic rings. The summed E-state index contributed by atoms with van der Waals surface area (Å²) < 4.78 is 0. The van der Waals surface area contributed by atoms with Crippen molar-refractivity contribution in [3.8, 4) is 0 Å². The van der Waals surface area contributed by atoms with Crippen molar-refractivity contribution in [3.05, 3.63) is 0 Å². The van der Waals surface area contributed by atoms with E-state index in [-0.39, 0.29) is 5.54 Å². The van der Waals surface area contributed by atoms with Gasteiger partial charge >= 0.3 is 5.97 Å². The van der Waals surface area contributed by atoms with Gasteiger partial charge in [-0.1, -0.05) is 13.8 Å². The first-order chi connectivity index (χ1) is 7.81. The molecule has 0 aromatic heterocycles. The van der Waals surface area contributed by atoms with Crippen LogP contribution in [0.25, 0.3) is 0 Å². The molecule has 0 amide bonds. The lowest BCUT2D eigenvalue weighted by atomic mass is 9.83. The van der Waals surface area contributed by atoms with Gasteiger partial charge in [0, 0.05) is 18.5 Å². The number of nitrogens with zero attached hydrogens (tertiary/aromatic N) is 1. The third-order valence-corrected chi connectivity index (χ3v) is 3.94. The summed E-state index contributed by atoms with van der Waals surface area (Å²) in [5.41, 5.74) is 0.240. The third-order valence-electron chi connectivity index (χ3n) is 3.94. The number of piperidine rings is 1. The van der Waals surface area contributed by atoms with Crippen LogP contribution in [0.15, 0.2) is 0 Å². The summed E-state index contributed by atoms with van der Waals surface area (Å²) >= 11 is 0. The van der Waals surface area contributed by atoms with Crippen LogP contribution in [0.4, 0.5) is 0 Å². The first kappa shape index (κ1) is 14.5. The normalized spacial score (nSPS) is 25.1. The van der Waals surface area contributed by atoms with Gasteiger partial charge in [0.15, 0.2) is 0 Å². The van der Waals surface area contributed by atoms with E-state index < -0.39 is 5.97 Å². The molecule has 1 atom stereocenters. The van der Waals surface area contributed by atoms with Gasteiger partial charge in [-0.05, 0) is 51.5 Å². The van der Waals surface area contributed by atoms with Crippen LogP contribution in [0.1, 0.15) is 53.4 Å². The van der Waals surface area contributed by atoms with Gasteiger partial charge in [0.25, 0.3) is 0 Å². The summed E-state index contributed by atoms with van der Waals surface area (Å²) in [6.45, 7) is 11.1. The molecular weight excluding hydrogens is 214 g/mol. The Kier molecular flexibility index (Phi) is 4.99. The molecule has 1 heterocycles. The van der Waals surface area contributed by atoms with Crippen molar-refractivity contribution in [2.75, 3.05) is 13.1 Å². The van der Waals surface area contributed by atoms with E-state index in [9.17, 15) is 4.79 Å². The molecule has 0 bridgehead atoms. The van der Waals surface area contributed by atoms with E-state index in [0.717, 1.165) is 25.9 Å². The van der Waals surface area contributed by atoms with E-state index in [4.69, 9.17) is 5.11 Å². The second kappa shape index (κ2) is 5.85. The summed E-state index contributed by atoms with van der Waals surface area (Å²) in [6.07, 6.45) is 3.69. The van der Waals surface area contributed by atoms with Crippen LogP contribution in [0.5, 0.6) is 0 Å². The number of rotatable bonds is 5. The number of hydrogen-bond donors (Lipinski definition) is 1. The predicted molar refractivity (Wildman–Crippen MR) is 70.1 cm³/mol. The van der Waals surface area contributed by atoms with Crippen LogP contribution in [0.3, 0.4) is 0 Å². The Balaban J connectivity index is 2.53. The van der Waals surface area contributed by atoms with Crippen LogP contribution in [0, 0.1) is 11.8 Å². The zero-order valence-corrected chi connectivity index (χ0v) is 11.7. The van der Waals surface area contributed by atoms with Gasteiger partial charge < -0.3 is 5.11 Å². The molecule has 1 aliphatic rings. The lowest BCUT2D eigenvalue weighted by Crippen LogP contribution is -2.51. The Morgan fingerprint density at radius 1 is 1.47 bits per heavy atom. The van der Waals surface area contributed by atoms with Gasteiger partial charge in [-0.25, -0.2) is 0 Å². The van der Waals surface area contributed by atoms with Crippen molar-refractivity contribution in [3.63, 3.8) is 0 Å². The second-order valence-corrected chi connectivity index (χ2v) is 6.44. The lowest BCUT2D eigenvalue weighted by Gasteiger charge is -2.45. The molecule has 1 unspecified atom stereocenters. The smallest absolute Gasteiger partial charge is 0.303 e. The fourth-order valence-electron chi connectivity index (χ4n) is 2.59. The fraction of sp³-hybridized carbons (Fsp3) is 0.929. The Morgan fingerprint density at radius 2 is 2.12 bits per heavy atom. The Bertz CT molecular complexity index is 261. The maximum Gasteiger partial charge on any atom is 0.303 e. The van der Waals surface area contributed by atoms with Crippen molar-refractivity contribution in [2.24, 2.45) is 11.8 Å². The molecule has 1 rings (SSSR count). The molecule has 100 valence electrons. The van der Waals surface area contributed by atoms with Gasteiger partial charge in [0.1, 0.15) is 0 Å². The van der Waals surface area contributed by atoms with E-state index in [2.05, 4.69) is 32.6 Å². The highest BCUT2D eigenvalue weighted by Crippen LogP contribution is 2.32. The summed E-state index contributed by atoms with van der Waals surface area (Å²) in [6, 6.07) is 0. The van der Waals surface area contributed by atoms with Crippen molar-refractivity contribution >= 4 is 5.97 Å². The van der Waals surface area contributed by atoms with Crippen LogP contribution in [-0.2, 0) is 4.79 Å². The number of carbonyl (C=O) groups is 1. The number of likely N-dealkylation sites (tertiary alicyclic amines) is 1. The quantitative estimate of drug-likeness (QED) is 0.804. The molecule has 3 heteroatoms. The Hall–Kier alpha value is -0.570. The Labute approximate surface area is 105 Å². The molecule has 1 aliphatic heterocycles. The first-order valence-electron chi connectivity index (χ1n) is 6.78. The predicted octanol–water partition coefficient (Wildman–Crippen LogP) is 3.00. The standard InChI is InChI=1S/C14H27NO2/c1-11(2)6-8-15-10-12(9-13(16)17)5-7-14(15,3)4/h11-12H,5-10H2,1-4H3,(H,16,17). The van der Waals surface area contributed by atoms with Gasteiger partial charge in [0.05, 0.1) is 0 Å². The highest BCUT2D eigenvalue weighted by atomic mass is 16.4. The van der Waals surface area contributed by atoms with E-state index in [1.807, 2.05) is 0 Å². The topological polar surface area (TPSA) is 40.5 Å². The molecule has 0 spiro atoms. The Morgan fingerprint density at radius 3 is 2.65 bits per heavy atom. The minimum absolute atomic E-state index is 0.240. The monoisotopic (exact) mass is 241 g/mol. The van der Waals surface area contributed by atoms with Crippen molar-refractivity contribution < 1.29 is 9.90 Å². The highest BCUT2D eigenvalue weighted by molar-refractivity contribution is 5.67. The summed E-state index contributed by atoms with van der Waals surface area (Å²) in [5.74, 6) is 0.400. The van der Waals surface area contributed by atoms with E-state index >= 15 is 0 Å². The molecule has 0 aliphatic carbocycles. The molecule has 0 saturated carbocycles. The summed E-state index contributed by atoms with van der Waals surface area (Å²) in [7, 11) is 0. The van der Waals surface area contributed by atoms with Gasteiger partial charge in [-0.3, -0.25) is 9.69 Å². The molecule has 0 radical (unpaired) electrons. The molecule has 3 nitrogen and oxygen atoms in total. The number of carboxylic acids is 1. The zero-order valence-electron chi connectivity index (χ0n) is 11.7. The zero-order chi connectivity index (χ0) is 13.1. The largest absolute Gasteiger partial charge is 0.481 e. The van der Waals surface area contributed by atoms with Crippen LogP contribution in [-0.4, -0.2) is 34.6 Å².